The first-order valence-corrected chi connectivity index (χ1v) is 11.3. The molecule has 0 aliphatic rings. The van der Waals surface area contributed by atoms with Crippen molar-refractivity contribution in [2.24, 2.45) is 0 Å². The molecule has 0 radical (unpaired) electrons. The van der Waals surface area contributed by atoms with E-state index in [1.807, 2.05) is 6.07 Å². The molecule has 0 aliphatic carbocycles. The molecule has 7 nitrogen and oxygen atoms in total. The molecule has 0 saturated heterocycles. The third kappa shape index (κ3) is 5.68. The molecule has 2 atom stereocenters. The summed E-state index contributed by atoms with van der Waals surface area (Å²) >= 11 is 0. The topological polar surface area (TPSA) is 102 Å². The Kier molecular flexibility index (Phi) is 7.74. The smallest absolute Gasteiger partial charge is 0.324 e. The second-order valence-electron chi connectivity index (χ2n) is 7.62. The van der Waals surface area contributed by atoms with Gasteiger partial charge in [-0.15, -0.1) is 0 Å². The minimum absolute atomic E-state index is 0.0900. The van der Waals surface area contributed by atoms with Crippen LogP contribution in [0.5, 0.6) is 0 Å². The Hall–Kier alpha value is -2.85. The summed E-state index contributed by atoms with van der Waals surface area (Å²) in [5.41, 5.74) is 2.43. The zero-order valence-electron chi connectivity index (χ0n) is 18.7. The number of nitrogens with one attached hydrogen (secondary N) is 2. The van der Waals surface area contributed by atoms with Gasteiger partial charge in [0.1, 0.15) is 17.7 Å². The number of hydrogen-bond donors (Lipinski definition) is 2. The van der Waals surface area contributed by atoms with Crippen LogP contribution in [0.1, 0.15) is 36.1 Å². The van der Waals surface area contributed by atoms with Gasteiger partial charge in [-0.25, -0.2) is 17.2 Å². The lowest BCUT2D eigenvalue weighted by Gasteiger charge is -2.20. The van der Waals surface area contributed by atoms with Crippen molar-refractivity contribution in [3.05, 3.63) is 58.2 Å². The van der Waals surface area contributed by atoms with Crippen LogP contribution in [0.15, 0.2) is 29.2 Å². The van der Waals surface area contributed by atoms with Crippen molar-refractivity contribution in [1.29, 1.82) is 0 Å². The number of halogens is 2. The molecule has 2 N–H and O–H groups in total. The van der Waals surface area contributed by atoms with E-state index >= 15 is 0 Å². The molecule has 0 aliphatic heterocycles. The molecule has 0 heterocycles. The molecule has 2 aromatic rings. The van der Waals surface area contributed by atoms with Gasteiger partial charge >= 0.3 is 5.97 Å². The Morgan fingerprint density at radius 2 is 1.53 bits per heavy atom. The maximum atomic E-state index is 13.7. The van der Waals surface area contributed by atoms with E-state index in [1.54, 1.807) is 27.7 Å². The number of amides is 1. The van der Waals surface area contributed by atoms with E-state index in [-0.39, 0.29) is 10.6 Å². The summed E-state index contributed by atoms with van der Waals surface area (Å²) in [6.45, 7) is 9.48. The van der Waals surface area contributed by atoms with Gasteiger partial charge in [-0.1, -0.05) is 6.07 Å². The number of sulfonamides is 1. The number of rotatable bonds is 7. The van der Waals surface area contributed by atoms with Crippen LogP contribution >= 0.6 is 0 Å². The lowest BCUT2D eigenvalue weighted by molar-refractivity contribution is -0.154. The molecule has 174 valence electrons. The van der Waals surface area contributed by atoms with Crippen molar-refractivity contribution in [2.75, 3.05) is 5.32 Å². The van der Waals surface area contributed by atoms with Crippen LogP contribution in [-0.2, 0) is 24.3 Å². The molecule has 0 fully saturated rings. The van der Waals surface area contributed by atoms with Crippen LogP contribution in [0, 0.1) is 39.3 Å². The monoisotopic (exact) mass is 468 g/mol. The fourth-order valence-electron chi connectivity index (χ4n) is 3.08. The number of aryl methyl sites for hydroxylation is 2. The summed E-state index contributed by atoms with van der Waals surface area (Å²) in [5.74, 6) is -3.65. The van der Waals surface area contributed by atoms with E-state index in [0.29, 0.717) is 17.2 Å². The number of anilines is 1. The van der Waals surface area contributed by atoms with E-state index in [4.69, 9.17) is 4.74 Å². The van der Waals surface area contributed by atoms with Crippen molar-refractivity contribution in [3.8, 4) is 0 Å². The van der Waals surface area contributed by atoms with E-state index < -0.39 is 45.7 Å². The highest BCUT2D eigenvalue weighted by Crippen LogP contribution is 2.26. The molecule has 0 spiro atoms. The van der Waals surface area contributed by atoms with Crippen LogP contribution in [0.25, 0.3) is 0 Å². The van der Waals surface area contributed by atoms with Gasteiger partial charge in [-0.05, 0) is 75.9 Å². The minimum atomic E-state index is -4.06. The summed E-state index contributed by atoms with van der Waals surface area (Å²) in [6.07, 6.45) is -1.36. The quantitative estimate of drug-likeness (QED) is 0.607. The second kappa shape index (κ2) is 9.74. The van der Waals surface area contributed by atoms with Crippen LogP contribution in [0.2, 0.25) is 0 Å². The standard InChI is InChI=1S/C22H26F2N2O5S/c1-11-9-12(2)14(4)20(13(11)3)32(29,30)26-15(5)22(28)31-16(6)21(27)25-19-8-7-17(23)10-18(19)24/h7-10,15-16,26H,1-6H3,(H,25,27). The summed E-state index contributed by atoms with van der Waals surface area (Å²) < 4.78 is 59.9. The summed E-state index contributed by atoms with van der Waals surface area (Å²) in [7, 11) is -4.06. The molecule has 2 rings (SSSR count). The van der Waals surface area contributed by atoms with Gasteiger partial charge in [0.15, 0.2) is 6.10 Å². The Morgan fingerprint density at radius 1 is 0.969 bits per heavy atom. The number of esters is 1. The van der Waals surface area contributed by atoms with E-state index in [0.717, 1.165) is 23.3 Å². The molecule has 10 heteroatoms. The largest absolute Gasteiger partial charge is 0.451 e. The molecular formula is C22H26F2N2O5S. The number of benzene rings is 2. The minimum Gasteiger partial charge on any atom is -0.451 e. The van der Waals surface area contributed by atoms with Crippen LogP contribution in [0.3, 0.4) is 0 Å². The molecule has 0 aromatic heterocycles. The van der Waals surface area contributed by atoms with Crippen molar-refractivity contribution in [3.63, 3.8) is 0 Å². The molecular weight excluding hydrogens is 442 g/mol. The van der Waals surface area contributed by atoms with Gasteiger partial charge in [0.25, 0.3) is 5.91 Å². The lowest BCUT2D eigenvalue weighted by atomic mass is 10.0. The highest BCUT2D eigenvalue weighted by molar-refractivity contribution is 7.89. The maximum absolute atomic E-state index is 13.7. The molecule has 1 amide bonds. The van der Waals surface area contributed by atoms with Crippen LogP contribution < -0.4 is 10.0 Å². The average Bonchev–Trinajstić information content (AvgIpc) is 2.68. The first-order valence-electron chi connectivity index (χ1n) is 9.80. The third-order valence-corrected chi connectivity index (χ3v) is 6.92. The number of hydrogen-bond acceptors (Lipinski definition) is 5. The Bertz CT molecular complexity index is 1140. The average molecular weight is 469 g/mol. The van der Waals surface area contributed by atoms with Crippen molar-refractivity contribution >= 4 is 27.6 Å². The van der Waals surface area contributed by atoms with Crippen molar-refractivity contribution < 1.29 is 31.5 Å². The van der Waals surface area contributed by atoms with Crippen molar-refractivity contribution in [2.45, 2.75) is 58.6 Å². The third-order valence-electron chi connectivity index (χ3n) is 5.10. The van der Waals surface area contributed by atoms with Crippen molar-refractivity contribution in [1.82, 2.24) is 4.72 Å². The van der Waals surface area contributed by atoms with Gasteiger partial charge in [0, 0.05) is 6.07 Å². The van der Waals surface area contributed by atoms with Gasteiger partial charge in [0.2, 0.25) is 10.0 Å². The van der Waals surface area contributed by atoms with E-state index in [1.165, 1.54) is 13.8 Å². The first-order chi connectivity index (χ1) is 14.7. The van der Waals surface area contributed by atoms with Gasteiger partial charge in [-0.2, -0.15) is 4.72 Å². The lowest BCUT2D eigenvalue weighted by Crippen LogP contribution is -2.42. The molecule has 0 bridgehead atoms. The van der Waals surface area contributed by atoms with Crippen LogP contribution in [-0.4, -0.2) is 32.4 Å². The molecule has 32 heavy (non-hydrogen) atoms. The number of carbonyl (C=O) groups is 2. The molecule has 2 aromatic carbocycles. The van der Waals surface area contributed by atoms with E-state index in [9.17, 15) is 26.8 Å². The zero-order chi connectivity index (χ0) is 24.4. The Labute approximate surface area is 186 Å². The van der Waals surface area contributed by atoms with Crippen LogP contribution in [0.4, 0.5) is 14.5 Å². The highest BCUT2D eigenvalue weighted by Gasteiger charge is 2.29. The SMILES string of the molecule is Cc1cc(C)c(C)c(S(=O)(=O)NC(C)C(=O)OC(C)C(=O)Nc2ccc(F)cc2F)c1C. The summed E-state index contributed by atoms with van der Waals surface area (Å²) in [5, 5.41) is 2.19. The fourth-order valence-corrected chi connectivity index (χ4v) is 4.89. The highest BCUT2D eigenvalue weighted by atomic mass is 32.2. The first kappa shape index (κ1) is 25.4. The molecule has 0 saturated carbocycles. The number of carbonyl (C=O) groups excluding carboxylic acids is 2. The molecule has 2 unspecified atom stereocenters. The summed E-state index contributed by atoms with van der Waals surface area (Å²) in [4.78, 5) is 24.7. The predicted molar refractivity (Wildman–Crippen MR) is 116 cm³/mol. The number of ether oxygens (including phenoxy) is 1. The Morgan fingerprint density at radius 3 is 2.06 bits per heavy atom. The normalized spacial score (nSPS) is 13.4. The van der Waals surface area contributed by atoms with E-state index in [2.05, 4.69) is 10.0 Å². The van der Waals surface area contributed by atoms with Gasteiger partial charge in [0.05, 0.1) is 10.6 Å². The van der Waals surface area contributed by atoms with Gasteiger partial charge < -0.3 is 10.1 Å². The second-order valence-corrected chi connectivity index (χ2v) is 9.28. The Balaban J connectivity index is 2.10. The summed E-state index contributed by atoms with van der Waals surface area (Å²) in [6, 6.07) is 3.18. The maximum Gasteiger partial charge on any atom is 0.324 e. The predicted octanol–water partition coefficient (Wildman–Crippen LogP) is 3.44. The fraction of sp³-hybridized carbons (Fsp3) is 0.364. The zero-order valence-corrected chi connectivity index (χ0v) is 19.5. The van der Waals surface area contributed by atoms with Gasteiger partial charge in [-0.3, -0.25) is 9.59 Å².